The monoisotopic (exact) mass is 387 g/mol. The molecule has 2 saturated heterocycles. The highest BCUT2D eigenvalue weighted by Crippen LogP contribution is 2.34. The lowest BCUT2D eigenvalue weighted by atomic mass is 10.0. The fourth-order valence-electron chi connectivity index (χ4n) is 3.21. The molecular weight excluding hydrogens is 370 g/mol. The fraction of sp³-hybridized carbons (Fsp3) is 0.571. The van der Waals surface area contributed by atoms with E-state index in [9.17, 15) is 33.6 Å². The number of nitrogens with one attached hydrogen (secondary N) is 1. The van der Waals surface area contributed by atoms with Crippen molar-refractivity contribution in [3.05, 3.63) is 11.3 Å². The van der Waals surface area contributed by atoms with E-state index >= 15 is 0 Å². The van der Waals surface area contributed by atoms with E-state index in [2.05, 4.69) is 5.32 Å². The van der Waals surface area contributed by atoms with Crippen molar-refractivity contribution in [1.82, 2.24) is 15.1 Å². The summed E-state index contributed by atoms with van der Waals surface area (Å²) in [6.07, 6.45) is -0.623. The van der Waals surface area contributed by atoms with Gasteiger partial charge in [-0.15, -0.1) is 0 Å². The summed E-state index contributed by atoms with van der Waals surface area (Å²) in [6, 6.07) is -1.03. The van der Waals surface area contributed by atoms with Gasteiger partial charge in [-0.05, 0) is 6.42 Å². The molecule has 0 bridgehead atoms. The van der Waals surface area contributed by atoms with Crippen molar-refractivity contribution in [2.45, 2.75) is 23.9 Å². The van der Waals surface area contributed by atoms with Crippen molar-refractivity contribution in [3.8, 4) is 0 Å². The molecular formula is C14H17N3O8S. The normalized spacial score (nSPS) is 30.6. The molecule has 3 unspecified atom stereocenters. The van der Waals surface area contributed by atoms with Gasteiger partial charge in [0.15, 0.2) is 0 Å². The number of amides is 3. The van der Waals surface area contributed by atoms with Crippen molar-refractivity contribution >= 4 is 35.2 Å². The van der Waals surface area contributed by atoms with E-state index in [4.69, 9.17) is 4.74 Å². The maximum absolute atomic E-state index is 12.4. The minimum atomic E-state index is -1.65. The number of carboxylic acids is 1. The van der Waals surface area contributed by atoms with Crippen LogP contribution >= 0.6 is 0 Å². The predicted molar refractivity (Wildman–Crippen MR) is 84.8 cm³/mol. The van der Waals surface area contributed by atoms with Gasteiger partial charge in [0.2, 0.25) is 6.41 Å². The average molecular weight is 387 g/mol. The number of carbonyl (C=O) groups is 4. The number of carboxylic acid groups (broad SMARTS) is 1. The standard InChI is InChI=1S/C14H17N3O8S/c18-6-15-9-11(20)17-10(13(21)22)7(5-26(24)12(9)17)4-25-14(23)16-2-1-8(19)3-16/h6,8-9,12,19H,1-5H2,(H,15,18)(H,21,22)/t8?,9?,12-,26?/m0/s1. The molecule has 0 aromatic heterocycles. The first kappa shape index (κ1) is 18.3. The van der Waals surface area contributed by atoms with Gasteiger partial charge in [-0.3, -0.25) is 18.7 Å². The number of fused-ring (bicyclic) bond motifs is 1. The molecule has 0 aromatic rings. The van der Waals surface area contributed by atoms with Gasteiger partial charge in [0.25, 0.3) is 5.91 Å². The van der Waals surface area contributed by atoms with Crippen molar-refractivity contribution < 1.29 is 38.3 Å². The van der Waals surface area contributed by atoms with Gasteiger partial charge in [0, 0.05) is 18.7 Å². The highest BCUT2D eigenvalue weighted by atomic mass is 32.2. The smallest absolute Gasteiger partial charge is 0.410 e. The number of β-lactam (4-membered cyclic amide) rings is 1. The first-order valence-corrected chi connectivity index (χ1v) is 9.18. The third-order valence-electron chi connectivity index (χ3n) is 4.45. The number of carbonyl (C=O) groups excluding carboxylic acids is 3. The summed E-state index contributed by atoms with van der Waals surface area (Å²) in [5.41, 5.74) is -0.323. The van der Waals surface area contributed by atoms with E-state index in [-0.39, 0.29) is 23.6 Å². The van der Waals surface area contributed by atoms with Crippen molar-refractivity contribution in [2.24, 2.45) is 0 Å². The third-order valence-corrected chi connectivity index (χ3v) is 6.10. The summed E-state index contributed by atoms with van der Waals surface area (Å²) < 4.78 is 17.4. The molecule has 3 amide bonds. The van der Waals surface area contributed by atoms with Crippen LogP contribution in [-0.4, -0.2) is 91.6 Å². The second-order valence-corrected chi connectivity index (χ2v) is 7.62. The molecule has 142 valence electrons. The molecule has 4 atom stereocenters. The van der Waals surface area contributed by atoms with Crippen LogP contribution in [0.25, 0.3) is 0 Å². The molecule has 3 N–H and O–H groups in total. The Bertz CT molecular complexity index is 723. The van der Waals surface area contributed by atoms with Crippen LogP contribution in [0.2, 0.25) is 0 Å². The third kappa shape index (κ3) is 3.05. The Morgan fingerprint density at radius 2 is 2.15 bits per heavy atom. The quantitative estimate of drug-likeness (QED) is 0.348. The second-order valence-electron chi connectivity index (χ2n) is 6.09. The van der Waals surface area contributed by atoms with E-state index in [0.717, 1.165) is 4.90 Å². The Balaban J connectivity index is 1.75. The Morgan fingerprint density at radius 1 is 1.42 bits per heavy atom. The van der Waals surface area contributed by atoms with Crippen molar-refractivity contribution in [3.63, 3.8) is 0 Å². The number of nitrogens with zero attached hydrogens (tertiary/aromatic N) is 2. The van der Waals surface area contributed by atoms with E-state index in [1.165, 1.54) is 4.90 Å². The highest BCUT2D eigenvalue weighted by molar-refractivity contribution is 7.86. The number of aliphatic hydroxyl groups excluding tert-OH is 1. The summed E-state index contributed by atoms with van der Waals surface area (Å²) in [5.74, 6) is -2.28. The Labute approximate surface area is 150 Å². The topological polar surface area (TPSA) is 154 Å². The number of aliphatic hydroxyl groups is 1. The number of β-amino-alcohol motifs (C(OH)–C–C–N with tert-alkyl or cyclic N) is 1. The van der Waals surface area contributed by atoms with Crippen LogP contribution in [0, 0.1) is 0 Å². The van der Waals surface area contributed by atoms with Crippen LogP contribution in [0.1, 0.15) is 6.42 Å². The molecule has 0 spiro atoms. The number of ether oxygens (including phenoxy) is 1. The van der Waals surface area contributed by atoms with Crippen LogP contribution in [0.5, 0.6) is 0 Å². The lowest BCUT2D eigenvalue weighted by molar-refractivity contribution is -0.150. The lowest BCUT2D eigenvalue weighted by Crippen LogP contribution is -2.72. The number of aliphatic carboxylic acids is 1. The van der Waals surface area contributed by atoms with Gasteiger partial charge < -0.3 is 25.2 Å². The molecule has 0 saturated carbocycles. The van der Waals surface area contributed by atoms with Gasteiger partial charge in [-0.1, -0.05) is 0 Å². The summed E-state index contributed by atoms with van der Waals surface area (Å²) in [7, 11) is -1.65. The van der Waals surface area contributed by atoms with Gasteiger partial charge in [0.05, 0.1) is 22.7 Å². The van der Waals surface area contributed by atoms with Crippen LogP contribution in [0.3, 0.4) is 0 Å². The highest BCUT2D eigenvalue weighted by Gasteiger charge is 2.56. The maximum Gasteiger partial charge on any atom is 0.410 e. The van der Waals surface area contributed by atoms with E-state index < -0.39 is 52.9 Å². The zero-order valence-electron chi connectivity index (χ0n) is 13.5. The van der Waals surface area contributed by atoms with Crippen molar-refractivity contribution in [1.29, 1.82) is 0 Å². The van der Waals surface area contributed by atoms with Gasteiger partial charge in [0.1, 0.15) is 23.7 Å². The van der Waals surface area contributed by atoms with Crippen molar-refractivity contribution in [2.75, 3.05) is 25.4 Å². The largest absolute Gasteiger partial charge is 0.477 e. The van der Waals surface area contributed by atoms with E-state index in [0.29, 0.717) is 19.4 Å². The minimum Gasteiger partial charge on any atom is -0.477 e. The zero-order chi connectivity index (χ0) is 19.0. The molecule has 0 radical (unpaired) electrons. The number of likely N-dealkylation sites (tertiary alicyclic amines) is 1. The SMILES string of the molecule is O=CNC1C(=O)N2C(C(=O)O)=C(COC(=O)N3CCC(O)C3)CS(=O)[C@@H]12. The first-order chi connectivity index (χ1) is 12.3. The predicted octanol–water partition coefficient (Wildman–Crippen LogP) is -2.43. The second kappa shape index (κ2) is 7.03. The summed E-state index contributed by atoms with van der Waals surface area (Å²) in [5, 5.41) is 20.1. The van der Waals surface area contributed by atoms with Gasteiger partial charge in [-0.25, -0.2) is 9.59 Å². The lowest BCUT2D eigenvalue weighted by Gasteiger charge is -2.48. The Morgan fingerprint density at radius 3 is 2.73 bits per heavy atom. The summed E-state index contributed by atoms with van der Waals surface area (Å²) in [4.78, 5) is 48.4. The van der Waals surface area contributed by atoms with Crippen LogP contribution in [0.4, 0.5) is 4.79 Å². The molecule has 12 heteroatoms. The van der Waals surface area contributed by atoms with Gasteiger partial charge >= 0.3 is 12.1 Å². The molecule has 3 heterocycles. The van der Waals surface area contributed by atoms with Gasteiger partial charge in [-0.2, -0.15) is 0 Å². The molecule has 0 aliphatic carbocycles. The average Bonchev–Trinajstić information content (AvgIpc) is 3.03. The maximum atomic E-state index is 12.4. The Hall–Kier alpha value is -2.47. The molecule has 3 rings (SSSR count). The first-order valence-electron chi connectivity index (χ1n) is 7.80. The number of hydrogen-bond acceptors (Lipinski definition) is 7. The molecule has 3 aliphatic rings. The molecule has 0 aromatic carbocycles. The number of hydrogen-bond donors (Lipinski definition) is 3. The van der Waals surface area contributed by atoms with Crippen LogP contribution in [-0.2, 0) is 29.9 Å². The van der Waals surface area contributed by atoms with E-state index in [1.54, 1.807) is 0 Å². The minimum absolute atomic E-state index is 0.0538. The number of rotatable bonds is 5. The summed E-state index contributed by atoms with van der Waals surface area (Å²) >= 11 is 0. The van der Waals surface area contributed by atoms with Crippen LogP contribution in [0.15, 0.2) is 11.3 Å². The van der Waals surface area contributed by atoms with Crippen LogP contribution < -0.4 is 5.32 Å². The zero-order valence-corrected chi connectivity index (χ0v) is 14.3. The molecule has 11 nitrogen and oxygen atoms in total. The summed E-state index contributed by atoms with van der Waals surface area (Å²) in [6.45, 7) is 0.0188. The fourth-order valence-corrected chi connectivity index (χ4v) is 4.88. The molecule has 2 fully saturated rings. The molecule has 26 heavy (non-hydrogen) atoms. The Kier molecular flexibility index (Phi) is 4.96. The molecule has 3 aliphatic heterocycles. The van der Waals surface area contributed by atoms with E-state index in [1.807, 2.05) is 0 Å².